The predicted molar refractivity (Wildman–Crippen MR) is 95.1 cm³/mol. The lowest BCUT2D eigenvalue weighted by atomic mass is 10.2. The van der Waals surface area contributed by atoms with Crippen molar-refractivity contribution in [2.75, 3.05) is 31.4 Å². The Balaban J connectivity index is 2.61. The molecule has 0 aliphatic carbocycles. The smallest absolute Gasteiger partial charge is 0.340 e. The molecule has 1 rings (SSSR count). The average Bonchev–Trinajstić information content (AvgIpc) is 2.68. The summed E-state index contributed by atoms with van der Waals surface area (Å²) >= 11 is 10.7. The summed E-state index contributed by atoms with van der Waals surface area (Å²) in [4.78, 5) is 4.49. The van der Waals surface area contributed by atoms with Crippen LogP contribution in [0.15, 0.2) is 5.16 Å². The molecule has 0 fully saturated rings. The van der Waals surface area contributed by atoms with Crippen molar-refractivity contribution in [3.05, 3.63) is 34.6 Å². The molecule has 0 amide bonds. The predicted octanol–water partition coefficient (Wildman–Crippen LogP) is 4.06. The average molecular weight is 476 g/mol. The molecule has 0 heterocycles. The molecule has 0 aliphatic heterocycles. The van der Waals surface area contributed by atoms with E-state index in [4.69, 9.17) is 33.2 Å². The van der Waals surface area contributed by atoms with E-state index in [1.165, 1.54) is 0 Å². The third-order valence-electron chi connectivity index (χ3n) is 2.89. The lowest BCUT2D eigenvalue weighted by Gasteiger charge is -2.19. The highest BCUT2D eigenvalue weighted by Crippen LogP contribution is 2.36. The Morgan fingerprint density at radius 1 is 1.00 bits per heavy atom. The summed E-state index contributed by atoms with van der Waals surface area (Å²) < 4.78 is 113. The monoisotopic (exact) mass is 475 g/mol. The van der Waals surface area contributed by atoms with Crippen molar-refractivity contribution in [2.24, 2.45) is 5.16 Å². The highest BCUT2D eigenvalue weighted by molar-refractivity contribution is 7.54. The second-order valence-electron chi connectivity index (χ2n) is 4.72. The molecule has 0 aliphatic rings. The minimum atomic E-state index is -4.01. The standard InChI is InChI=1S/C14H17Cl2F5N3O3P/c15-2-5-23-28(25,24-6-3-16)27-7-1-4-22-26-8-9-10(17)12(19)14(21)13(20)11(9)18/h4H,1-3,5-8H2,(H2,23,24,25)/b22-4+/i2D2,3D2. The van der Waals surface area contributed by atoms with Crippen molar-refractivity contribution in [1.29, 1.82) is 0 Å². The molecule has 0 saturated carbocycles. The highest BCUT2D eigenvalue weighted by Gasteiger charge is 2.26. The maximum Gasteiger partial charge on any atom is 0.340 e. The number of halogens is 7. The van der Waals surface area contributed by atoms with Gasteiger partial charge in [0.05, 0.1) is 12.2 Å². The van der Waals surface area contributed by atoms with Crippen LogP contribution in [0.4, 0.5) is 22.0 Å². The van der Waals surface area contributed by atoms with Crippen LogP contribution in [0.25, 0.3) is 0 Å². The molecule has 0 radical (unpaired) electrons. The van der Waals surface area contributed by atoms with Gasteiger partial charge in [0.15, 0.2) is 23.3 Å². The molecule has 28 heavy (non-hydrogen) atoms. The van der Waals surface area contributed by atoms with E-state index in [2.05, 4.69) is 20.2 Å². The molecule has 1 aromatic rings. The van der Waals surface area contributed by atoms with Crippen LogP contribution >= 0.6 is 30.9 Å². The zero-order chi connectivity index (χ0) is 24.7. The molecular weight excluding hydrogens is 455 g/mol. The summed E-state index contributed by atoms with van der Waals surface area (Å²) in [6, 6.07) is 0. The summed E-state index contributed by atoms with van der Waals surface area (Å²) in [6.07, 6.45) is 0.837. The van der Waals surface area contributed by atoms with E-state index in [0.717, 1.165) is 6.21 Å². The zero-order valence-corrected chi connectivity index (χ0v) is 16.3. The first kappa shape index (κ1) is 19.0. The fourth-order valence-electron chi connectivity index (χ4n) is 1.63. The second kappa shape index (κ2) is 12.6. The Kier molecular flexibility index (Phi) is 8.53. The minimum absolute atomic E-state index is 0.133. The van der Waals surface area contributed by atoms with Gasteiger partial charge >= 0.3 is 7.67 Å². The van der Waals surface area contributed by atoms with E-state index in [0.29, 0.717) is 0 Å². The van der Waals surface area contributed by atoms with Crippen molar-refractivity contribution in [2.45, 2.75) is 13.0 Å². The van der Waals surface area contributed by atoms with E-state index in [1.54, 1.807) is 0 Å². The Labute approximate surface area is 173 Å². The second-order valence-corrected chi connectivity index (χ2v) is 7.25. The lowest BCUT2D eigenvalue weighted by molar-refractivity contribution is 0.123. The summed E-state index contributed by atoms with van der Waals surface area (Å²) in [5.74, 6) is -15.3. The molecular formula is C14H17Cl2F5N3O3P. The van der Waals surface area contributed by atoms with Gasteiger partial charge in [-0.05, 0) is 0 Å². The Morgan fingerprint density at radius 2 is 1.50 bits per heavy atom. The molecule has 0 spiro atoms. The Morgan fingerprint density at radius 3 is 2.00 bits per heavy atom. The molecule has 0 bridgehead atoms. The summed E-state index contributed by atoms with van der Waals surface area (Å²) in [5.41, 5.74) is -1.22. The van der Waals surface area contributed by atoms with Crippen LogP contribution < -0.4 is 10.2 Å². The molecule has 0 saturated heterocycles. The molecule has 1 aromatic carbocycles. The fraction of sp³-hybridized carbons (Fsp3) is 0.500. The summed E-state index contributed by atoms with van der Waals surface area (Å²) in [6.45, 7) is -2.70. The molecule has 0 unspecified atom stereocenters. The van der Waals surface area contributed by atoms with Crippen LogP contribution in [0, 0.1) is 29.1 Å². The first-order valence-corrected chi connectivity index (χ1v) is 9.71. The number of nitrogens with one attached hydrogen (secondary N) is 2. The van der Waals surface area contributed by atoms with Crippen molar-refractivity contribution in [1.82, 2.24) is 10.2 Å². The van der Waals surface area contributed by atoms with Crippen molar-refractivity contribution in [3.8, 4) is 0 Å². The molecule has 6 nitrogen and oxygen atoms in total. The summed E-state index contributed by atoms with van der Waals surface area (Å²) in [5, 5.41) is 7.63. The SMILES string of the molecule is [2H]C([2H])(Cl)CNP(=O)(NCC([2H])([2H])Cl)OCC/C=N/OCc1c(F)c(F)c(F)c(F)c1F. The van der Waals surface area contributed by atoms with Gasteiger partial charge in [0.25, 0.3) is 0 Å². The van der Waals surface area contributed by atoms with Crippen molar-refractivity contribution < 1.29 is 41.4 Å². The third-order valence-corrected chi connectivity index (χ3v) is 4.85. The van der Waals surface area contributed by atoms with Crippen LogP contribution in [0.3, 0.4) is 0 Å². The van der Waals surface area contributed by atoms with E-state index < -0.39 is 73.7 Å². The molecule has 0 aromatic heterocycles. The van der Waals surface area contributed by atoms with Gasteiger partial charge in [-0.1, -0.05) is 5.16 Å². The van der Waals surface area contributed by atoms with Gasteiger partial charge < -0.3 is 9.36 Å². The Hall–Kier alpha value is -0.970. The molecule has 160 valence electrons. The lowest BCUT2D eigenvalue weighted by Crippen LogP contribution is -2.27. The van der Waals surface area contributed by atoms with Crippen LogP contribution in [-0.4, -0.2) is 37.6 Å². The van der Waals surface area contributed by atoms with Crippen LogP contribution in [0.1, 0.15) is 17.5 Å². The minimum Gasteiger partial charge on any atom is -0.391 e. The molecule has 14 heteroatoms. The largest absolute Gasteiger partial charge is 0.391 e. The summed E-state index contributed by atoms with van der Waals surface area (Å²) in [7, 11) is -4.01. The number of rotatable bonds is 13. The van der Waals surface area contributed by atoms with Gasteiger partial charge in [-0.15, -0.1) is 23.2 Å². The van der Waals surface area contributed by atoms with Gasteiger partial charge in [0.1, 0.15) is 6.61 Å². The number of hydrogen-bond donors (Lipinski definition) is 2. The number of hydrogen-bond acceptors (Lipinski definition) is 4. The highest BCUT2D eigenvalue weighted by atomic mass is 35.5. The molecule has 2 N–H and O–H groups in total. The van der Waals surface area contributed by atoms with Gasteiger partial charge in [-0.3, -0.25) is 4.57 Å². The third kappa shape index (κ3) is 7.46. The van der Waals surface area contributed by atoms with Crippen LogP contribution in [0.5, 0.6) is 0 Å². The van der Waals surface area contributed by atoms with Gasteiger partial charge in [-0.25, -0.2) is 32.1 Å². The maximum absolute atomic E-state index is 13.5. The topological polar surface area (TPSA) is 72.0 Å². The quantitative estimate of drug-likeness (QED) is 0.0657. The van der Waals surface area contributed by atoms with Crippen molar-refractivity contribution in [3.63, 3.8) is 0 Å². The number of oxime groups is 1. The first-order chi connectivity index (χ1) is 14.6. The van der Waals surface area contributed by atoms with Crippen molar-refractivity contribution >= 4 is 37.1 Å². The van der Waals surface area contributed by atoms with Crippen LogP contribution in [0.2, 0.25) is 0 Å². The van der Waals surface area contributed by atoms with E-state index in [9.17, 15) is 26.5 Å². The number of benzene rings is 1. The number of nitrogens with zero attached hydrogens (tertiary/aromatic N) is 1. The van der Waals surface area contributed by atoms with E-state index >= 15 is 0 Å². The van der Waals surface area contributed by atoms with E-state index in [1.807, 2.05) is 0 Å². The zero-order valence-electron chi connectivity index (χ0n) is 17.9. The fourth-order valence-corrected chi connectivity index (χ4v) is 3.18. The number of alkyl halides is 2. The van der Waals surface area contributed by atoms with Crippen LogP contribution in [-0.2, 0) is 20.5 Å². The Bertz CT molecular complexity index is 826. The van der Waals surface area contributed by atoms with Gasteiger partial charge in [-0.2, -0.15) is 0 Å². The normalized spacial score (nSPS) is 15.2. The molecule has 0 atom stereocenters. The first-order valence-electron chi connectivity index (χ1n) is 9.33. The van der Waals surface area contributed by atoms with Gasteiger partial charge in [0, 0.05) is 42.9 Å². The van der Waals surface area contributed by atoms with Gasteiger partial charge in [0.2, 0.25) is 5.82 Å². The van der Waals surface area contributed by atoms with E-state index in [-0.39, 0.29) is 13.0 Å². The maximum atomic E-state index is 13.5.